The Morgan fingerprint density at radius 3 is 1.24 bits per heavy atom. The van der Waals surface area contributed by atoms with E-state index in [1.807, 2.05) is 12.1 Å². The zero-order valence-electron chi connectivity index (χ0n) is 43.2. The zero-order valence-corrected chi connectivity index (χ0v) is 44.9. The molecule has 0 amide bonds. The molecule has 362 valence electrons. The summed E-state index contributed by atoms with van der Waals surface area (Å²) in [4.78, 5) is 27.8. The summed E-state index contributed by atoms with van der Waals surface area (Å²) >= 11 is 3.17. The predicted octanol–water partition coefficient (Wildman–Crippen LogP) is 19.5. The molecular formula is C66H74O2S2. The van der Waals surface area contributed by atoms with Crippen LogP contribution in [0.5, 0.6) is 0 Å². The fraction of sp³-hybridized carbons (Fsp3) is 0.394. The first-order chi connectivity index (χ1) is 33.8. The Bertz CT molecular complexity index is 2890. The molecule has 0 unspecified atom stereocenters. The van der Waals surface area contributed by atoms with E-state index in [9.17, 15) is 9.59 Å². The molecule has 0 N–H and O–H groups in total. The van der Waals surface area contributed by atoms with Crippen molar-refractivity contribution in [2.24, 2.45) is 0 Å². The van der Waals surface area contributed by atoms with E-state index in [0.29, 0.717) is 0 Å². The number of hydrogen-bond acceptors (Lipinski definition) is 4. The zero-order chi connectivity index (χ0) is 49.3. The van der Waals surface area contributed by atoms with Gasteiger partial charge in [-0.25, -0.2) is 0 Å². The fourth-order valence-electron chi connectivity index (χ4n) is 12.1. The van der Waals surface area contributed by atoms with E-state index in [1.54, 1.807) is 22.7 Å². The lowest BCUT2D eigenvalue weighted by Crippen LogP contribution is -2.29. The molecule has 5 aromatic carbocycles. The van der Waals surface area contributed by atoms with Gasteiger partial charge < -0.3 is 0 Å². The number of fused-ring (bicyclic) bond motifs is 6. The molecule has 2 heterocycles. The van der Waals surface area contributed by atoms with Crippen LogP contribution in [0.4, 0.5) is 0 Å². The largest absolute Gasteiger partial charge is 0.297 e. The highest BCUT2D eigenvalue weighted by Crippen LogP contribution is 2.63. The van der Waals surface area contributed by atoms with Crippen LogP contribution in [0, 0.1) is 0 Å². The number of carbonyl (C=O) groups is 2. The fourth-order valence-corrected chi connectivity index (χ4v) is 13.7. The molecule has 2 aliphatic carbocycles. The van der Waals surface area contributed by atoms with E-state index < -0.39 is 5.41 Å². The van der Waals surface area contributed by atoms with Gasteiger partial charge in [-0.15, -0.1) is 22.7 Å². The Labute approximate surface area is 428 Å². The molecular weight excluding hydrogens is 889 g/mol. The number of aldehydes is 2. The molecule has 7 aromatic rings. The molecule has 2 aliphatic rings. The highest BCUT2D eigenvalue weighted by atomic mass is 32.1. The second-order valence-electron chi connectivity index (χ2n) is 22.6. The Morgan fingerprint density at radius 2 is 0.800 bits per heavy atom. The highest BCUT2D eigenvalue weighted by molar-refractivity contribution is 7.17. The molecule has 2 aromatic heterocycles. The second-order valence-corrected chi connectivity index (χ2v) is 24.9. The van der Waals surface area contributed by atoms with Crippen molar-refractivity contribution in [3.8, 4) is 43.1 Å². The van der Waals surface area contributed by atoms with E-state index >= 15 is 0 Å². The van der Waals surface area contributed by atoms with Crippen LogP contribution in [-0.2, 0) is 21.7 Å². The number of hydrogen-bond donors (Lipinski definition) is 0. The molecule has 0 atom stereocenters. The summed E-state index contributed by atoms with van der Waals surface area (Å²) in [5, 5.41) is 0. The van der Waals surface area contributed by atoms with E-state index in [1.165, 1.54) is 149 Å². The van der Waals surface area contributed by atoms with E-state index in [4.69, 9.17) is 0 Å². The first-order valence-corrected chi connectivity index (χ1v) is 28.2. The average molecular weight is 963 g/mol. The molecule has 0 saturated heterocycles. The van der Waals surface area contributed by atoms with Gasteiger partial charge in [0.25, 0.3) is 0 Å². The van der Waals surface area contributed by atoms with Gasteiger partial charge in [-0.05, 0) is 150 Å². The number of thiophene rings is 2. The first-order valence-electron chi connectivity index (χ1n) is 26.6. The van der Waals surface area contributed by atoms with Crippen LogP contribution < -0.4 is 0 Å². The average Bonchev–Trinajstić information content (AvgIpc) is 4.16. The third-order valence-electron chi connectivity index (χ3n) is 16.0. The number of carbonyl (C=O) groups excluding carboxylic acids is 2. The Morgan fingerprint density at radius 1 is 0.414 bits per heavy atom. The van der Waals surface area contributed by atoms with E-state index in [-0.39, 0.29) is 16.2 Å². The molecule has 70 heavy (non-hydrogen) atoms. The third-order valence-corrected chi connectivity index (χ3v) is 18.1. The van der Waals surface area contributed by atoms with Crippen molar-refractivity contribution in [3.05, 3.63) is 176 Å². The van der Waals surface area contributed by atoms with Crippen molar-refractivity contribution in [2.45, 2.75) is 167 Å². The number of unbranched alkanes of at least 4 members (excludes halogenated alkanes) is 10. The minimum Gasteiger partial charge on any atom is -0.297 e. The summed E-state index contributed by atoms with van der Waals surface area (Å²) < 4.78 is 0. The lowest BCUT2D eigenvalue weighted by Gasteiger charge is -2.36. The van der Waals surface area contributed by atoms with Gasteiger partial charge in [-0.1, -0.05) is 205 Å². The van der Waals surface area contributed by atoms with Crippen molar-refractivity contribution >= 4 is 35.2 Å². The third kappa shape index (κ3) is 9.29. The van der Waals surface area contributed by atoms with Crippen LogP contribution >= 0.6 is 22.7 Å². The number of rotatable bonds is 20. The normalized spacial score (nSPS) is 14.3. The topological polar surface area (TPSA) is 34.1 Å². The molecule has 0 fully saturated rings. The van der Waals surface area contributed by atoms with Crippen LogP contribution in [0.1, 0.15) is 209 Å². The van der Waals surface area contributed by atoms with Crippen molar-refractivity contribution in [1.29, 1.82) is 0 Å². The molecule has 0 saturated carbocycles. The molecule has 2 nitrogen and oxygen atoms in total. The van der Waals surface area contributed by atoms with Crippen molar-refractivity contribution < 1.29 is 9.59 Å². The summed E-state index contributed by atoms with van der Waals surface area (Å²) in [5.41, 5.74) is 17.7. The summed E-state index contributed by atoms with van der Waals surface area (Å²) in [7, 11) is 0. The van der Waals surface area contributed by atoms with Crippen LogP contribution in [0.3, 0.4) is 0 Å². The maximum atomic E-state index is 12.0. The van der Waals surface area contributed by atoms with Crippen LogP contribution in [0.25, 0.3) is 43.1 Å². The lowest BCUT2D eigenvalue weighted by molar-refractivity contribution is 0.111. The SMILES string of the molecule is CCCCCCCCC1(CCCCCCCC)c2cc(-c3ccc(C=O)s3)ccc2-c2cc3c(cc21)-c1ccc(-c2ccc(C=O)s2)cc1C3(c1ccc(C(C)(C)C)cc1)c1ccc(C(C)(C)C)cc1. The molecule has 0 aliphatic heterocycles. The predicted molar refractivity (Wildman–Crippen MR) is 301 cm³/mol. The van der Waals surface area contributed by atoms with Gasteiger partial charge in [-0.2, -0.15) is 0 Å². The smallest absolute Gasteiger partial charge is 0.160 e. The Balaban J connectivity index is 1.33. The van der Waals surface area contributed by atoms with Crippen LogP contribution in [0.2, 0.25) is 0 Å². The minimum absolute atomic E-state index is 0.00477. The van der Waals surface area contributed by atoms with E-state index in [0.717, 1.165) is 50.5 Å². The molecule has 0 spiro atoms. The molecule has 0 radical (unpaired) electrons. The van der Waals surface area contributed by atoms with Gasteiger partial charge in [0, 0.05) is 15.2 Å². The molecule has 9 rings (SSSR count). The summed E-state index contributed by atoms with van der Waals surface area (Å²) in [6, 6.07) is 47.1. The first kappa shape index (κ1) is 49.8. The minimum atomic E-state index is -0.626. The van der Waals surface area contributed by atoms with Gasteiger partial charge in [0.15, 0.2) is 12.6 Å². The van der Waals surface area contributed by atoms with Gasteiger partial charge in [0.05, 0.1) is 15.2 Å². The lowest BCUT2D eigenvalue weighted by atomic mass is 9.66. The van der Waals surface area contributed by atoms with Crippen LogP contribution in [-0.4, -0.2) is 12.6 Å². The summed E-state index contributed by atoms with van der Waals surface area (Å²) in [5.74, 6) is 0. The monoisotopic (exact) mass is 963 g/mol. The summed E-state index contributed by atoms with van der Waals surface area (Å²) in [6.07, 6.45) is 19.4. The maximum absolute atomic E-state index is 12.0. The van der Waals surface area contributed by atoms with Gasteiger partial charge >= 0.3 is 0 Å². The standard InChI is InChI=1S/C66H74O2S2/c1-9-11-13-15-17-19-37-65(38-20-18-16-14-12-10-2)57-39-45(61-35-31-51(43-67)69-61)21-33-53(57)55-42-60-56(41-58(55)65)54-34-22-46(62-36-32-52(44-68)70-62)40-59(54)66(60,49-27-23-47(24-28-49)63(3,4)5)50-29-25-48(26-30-50)64(6,7)8/h21-36,39-44H,9-20,37-38H2,1-8H3. The van der Waals surface area contributed by atoms with Crippen LogP contribution in [0.15, 0.2) is 121 Å². The van der Waals surface area contributed by atoms with Crippen molar-refractivity contribution in [3.63, 3.8) is 0 Å². The van der Waals surface area contributed by atoms with Crippen molar-refractivity contribution in [1.82, 2.24) is 0 Å². The Hall–Kier alpha value is -5.16. The van der Waals surface area contributed by atoms with Gasteiger partial charge in [-0.3, -0.25) is 9.59 Å². The quantitative estimate of drug-likeness (QED) is 0.0563. The van der Waals surface area contributed by atoms with Gasteiger partial charge in [0.2, 0.25) is 0 Å². The summed E-state index contributed by atoms with van der Waals surface area (Å²) in [6.45, 7) is 18.4. The highest BCUT2D eigenvalue weighted by Gasteiger charge is 2.50. The maximum Gasteiger partial charge on any atom is 0.160 e. The van der Waals surface area contributed by atoms with Gasteiger partial charge in [0.1, 0.15) is 0 Å². The number of benzene rings is 5. The Kier molecular flexibility index (Phi) is 14.6. The molecule has 0 bridgehead atoms. The second kappa shape index (κ2) is 20.5. The van der Waals surface area contributed by atoms with E-state index in [2.05, 4.69) is 165 Å². The van der Waals surface area contributed by atoms with Crippen molar-refractivity contribution in [2.75, 3.05) is 0 Å². The molecule has 4 heteroatoms.